The van der Waals surface area contributed by atoms with Crippen LogP contribution < -0.4 is 10.1 Å². The predicted molar refractivity (Wildman–Crippen MR) is 62.4 cm³/mol. The van der Waals surface area contributed by atoms with Crippen LogP contribution in [0.25, 0.3) is 0 Å². The number of hydrogen-bond donors (Lipinski definition) is 1. The van der Waals surface area contributed by atoms with Crippen molar-refractivity contribution in [2.24, 2.45) is 5.92 Å². The van der Waals surface area contributed by atoms with E-state index in [1.807, 2.05) is 0 Å². The van der Waals surface area contributed by atoms with E-state index in [0.29, 0.717) is 0 Å². The minimum atomic E-state index is 0.778. The molecule has 1 atom stereocenters. The van der Waals surface area contributed by atoms with Crippen LogP contribution in [0.4, 0.5) is 0 Å². The van der Waals surface area contributed by atoms with E-state index in [2.05, 4.69) is 30.4 Å². The van der Waals surface area contributed by atoms with E-state index < -0.39 is 0 Å². The van der Waals surface area contributed by atoms with Gasteiger partial charge >= 0.3 is 0 Å². The molecule has 1 fully saturated rings. The second-order valence-corrected chi connectivity index (χ2v) is 4.33. The summed E-state index contributed by atoms with van der Waals surface area (Å²) in [4.78, 5) is 0. The second-order valence-electron chi connectivity index (χ2n) is 4.33. The van der Waals surface area contributed by atoms with E-state index in [1.54, 1.807) is 7.11 Å². The number of para-hydroxylation sites is 1. The molecule has 0 bridgehead atoms. The van der Waals surface area contributed by atoms with E-state index in [0.717, 1.165) is 24.6 Å². The highest BCUT2D eigenvalue weighted by Gasteiger charge is 2.17. The summed E-state index contributed by atoms with van der Waals surface area (Å²) in [7, 11) is 1.76. The number of ether oxygens (including phenoxy) is 1. The summed E-state index contributed by atoms with van der Waals surface area (Å²) in [6.45, 7) is 4.42. The van der Waals surface area contributed by atoms with Crippen molar-refractivity contribution in [3.63, 3.8) is 0 Å². The molecule has 2 rings (SSSR count). The Balaban J connectivity index is 2.15. The predicted octanol–water partition coefficient (Wildman–Crippen LogP) is 2.16. The normalized spacial score (nSPS) is 20.5. The average molecular weight is 205 g/mol. The number of methoxy groups -OCH3 is 1. The van der Waals surface area contributed by atoms with E-state index in [-0.39, 0.29) is 0 Å². The van der Waals surface area contributed by atoms with Crippen molar-refractivity contribution in [1.82, 2.24) is 5.32 Å². The van der Waals surface area contributed by atoms with Gasteiger partial charge in [0.1, 0.15) is 5.75 Å². The van der Waals surface area contributed by atoms with Crippen molar-refractivity contribution in [3.8, 4) is 5.75 Å². The zero-order valence-corrected chi connectivity index (χ0v) is 9.55. The summed E-state index contributed by atoms with van der Waals surface area (Å²) >= 11 is 0. The summed E-state index contributed by atoms with van der Waals surface area (Å²) in [5.74, 6) is 1.85. The van der Waals surface area contributed by atoms with Crippen molar-refractivity contribution in [2.75, 3.05) is 20.2 Å². The molecule has 1 aliphatic heterocycles. The molecule has 0 aliphatic carbocycles. The lowest BCUT2D eigenvalue weighted by molar-refractivity contribution is 0.402. The van der Waals surface area contributed by atoms with Gasteiger partial charge in [-0.2, -0.15) is 0 Å². The smallest absolute Gasteiger partial charge is 0.124 e. The molecule has 82 valence electrons. The van der Waals surface area contributed by atoms with Crippen molar-refractivity contribution in [1.29, 1.82) is 0 Å². The first-order valence-corrected chi connectivity index (χ1v) is 5.64. The lowest BCUT2D eigenvalue weighted by atomic mass is 9.96. The van der Waals surface area contributed by atoms with E-state index in [1.165, 1.54) is 24.1 Å². The van der Waals surface area contributed by atoms with Crippen molar-refractivity contribution < 1.29 is 4.74 Å². The third-order valence-corrected chi connectivity index (χ3v) is 3.17. The Morgan fingerprint density at radius 1 is 1.47 bits per heavy atom. The summed E-state index contributed by atoms with van der Waals surface area (Å²) < 4.78 is 5.47. The molecule has 1 saturated heterocycles. The molecule has 0 spiro atoms. The second kappa shape index (κ2) is 4.67. The highest BCUT2D eigenvalue weighted by molar-refractivity contribution is 5.41. The molecule has 1 aromatic rings. The molecule has 0 aromatic heterocycles. The quantitative estimate of drug-likeness (QED) is 0.816. The molecule has 1 aromatic carbocycles. The minimum absolute atomic E-state index is 0.778. The topological polar surface area (TPSA) is 21.3 Å². The number of rotatable bonds is 3. The lowest BCUT2D eigenvalue weighted by Gasteiger charge is -2.14. The van der Waals surface area contributed by atoms with E-state index in [4.69, 9.17) is 4.74 Å². The van der Waals surface area contributed by atoms with Gasteiger partial charge in [-0.05, 0) is 49.9 Å². The first-order chi connectivity index (χ1) is 7.31. The van der Waals surface area contributed by atoms with Crippen LogP contribution in [-0.4, -0.2) is 20.2 Å². The van der Waals surface area contributed by atoms with Gasteiger partial charge in [-0.15, -0.1) is 0 Å². The molecule has 0 saturated carbocycles. The molecular formula is C13H19NO. The molecule has 15 heavy (non-hydrogen) atoms. The third-order valence-electron chi connectivity index (χ3n) is 3.17. The Morgan fingerprint density at radius 2 is 2.33 bits per heavy atom. The van der Waals surface area contributed by atoms with Gasteiger partial charge in [-0.3, -0.25) is 0 Å². The van der Waals surface area contributed by atoms with Gasteiger partial charge < -0.3 is 10.1 Å². The van der Waals surface area contributed by atoms with Gasteiger partial charge in [0, 0.05) is 0 Å². The first-order valence-electron chi connectivity index (χ1n) is 5.64. The average Bonchev–Trinajstić information content (AvgIpc) is 2.71. The van der Waals surface area contributed by atoms with Crippen LogP contribution in [0, 0.1) is 12.8 Å². The van der Waals surface area contributed by atoms with Gasteiger partial charge in [0.05, 0.1) is 7.11 Å². The van der Waals surface area contributed by atoms with Gasteiger partial charge in [0.15, 0.2) is 0 Å². The van der Waals surface area contributed by atoms with Crippen LogP contribution in [0.15, 0.2) is 18.2 Å². The van der Waals surface area contributed by atoms with Crippen molar-refractivity contribution >= 4 is 0 Å². The largest absolute Gasteiger partial charge is 0.496 e. The Bertz CT molecular complexity index is 329. The molecular weight excluding hydrogens is 186 g/mol. The standard InChI is InChI=1S/C13H19NO/c1-10-4-3-5-12(13(10)15-2)8-11-6-7-14-9-11/h3-5,11,14H,6-9H2,1-2H3. The maximum atomic E-state index is 5.47. The highest BCUT2D eigenvalue weighted by Crippen LogP contribution is 2.26. The van der Waals surface area contributed by atoms with Crippen LogP contribution in [0.1, 0.15) is 17.5 Å². The van der Waals surface area contributed by atoms with E-state index >= 15 is 0 Å². The number of aryl methyl sites for hydroxylation is 1. The van der Waals surface area contributed by atoms with Crippen LogP contribution in [0.5, 0.6) is 5.75 Å². The Hall–Kier alpha value is -1.02. The summed E-state index contributed by atoms with van der Waals surface area (Å²) in [6, 6.07) is 6.41. The third kappa shape index (κ3) is 2.32. The Kier molecular flexibility index (Phi) is 3.27. The molecule has 2 nitrogen and oxygen atoms in total. The zero-order valence-electron chi connectivity index (χ0n) is 9.55. The number of hydrogen-bond acceptors (Lipinski definition) is 2. The summed E-state index contributed by atoms with van der Waals surface area (Å²) in [5, 5.41) is 3.40. The summed E-state index contributed by atoms with van der Waals surface area (Å²) in [6.07, 6.45) is 2.43. The molecule has 0 amide bonds. The lowest BCUT2D eigenvalue weighted by Crippen LogP contribution is -2.11. The van der Waals surface area contributed by atoms with Gasteiger partial charge in [0.2, 0.25) is 0 Å². The summed E-state index contributed by atoms with van der Waals surface area (Å²) in [5.41, 5.74) is 2.59. The Labute approximate surface area is 91.6 Å². The highest BCUT2D eigenvalue weighted by atomic mass is 16.5. The van der Waals surface area contributed by atoms with Gasteiger partial charge in [0.25, 0.3) is 0 Å². The van der Waals surface area contributed by atoms with Crippen LogP contribution in [0.2, 0.25) is 0 Å². The molecule has 2 heteroatoms. The first kappa shape index (κ1) is 10.5. The van der Waals surface area contributed by atoms with E-state index in [9.17, 15) is 0 Å². The molecule has 1 N–H and O–H groups in total. The number of nitrogens with one attached hydrogen (secondary N) is 1. The Morgan fingerprint density at radius 3 is 3.00 bits per heavy atom. The molecule has 0 radical (unpaired) electrons. The monoisotopic (exact) mass is 205 g/mol. The SMILES string of the molecule is COc1c(C)cccc1CC1CCNC1. The fourth-order valence-corrected chi connectivity index (χ4v) is 2.37. The van der Waals surface area contributed by atoms with Crippen LogP contribution >= 0.6 is 0 Å². The minimum Gasteiger partial charge on any atom is -0.496 e. The fourth-order valence-electron chi connectivity index (χ4n) is 2.37. The molecule has 1 unspecified atom stereocenters. The maximum Gasteiger partial charge on any atom is 0.124 e. The van der Waals surface area contributed by atoms with Crippen molar-refractivity contribution in [3.05, 3.63) is 29.3 Å². The molecule has 1 heterocycles. The number of benzene rings is 1. The maximum absolute atomic E-state index is 5.47. The van der Waals surface area contributed by atoms with Gasteiger partial charge in [-0.1, -0.05) is 18.2 Å². The van der Waals surface area contributed by atoms with Crippen LogP contribution in [0.3, 0.4) is 0 Å². The van der Waals surface area contributed by atoms with Gasteiger partial charge in [-0.25, -0.2) is 0 Å². The zero-order chi connectivity index (χ0) is 10.7. The van der Waals surface area contributed by atoms with Crippen molar-refractivity contribution in [2.45, 2.75) is 19.8 Å². The van der Waals surface area contributed by atoms with Crippen LogP contribution in [-0.2, 0) is 6.42 Å². The molecule has 1 aliphatic rings. The fraction of sp³-hybridized carbons (Fsp3) is 0.538.